The van der Waals surface area contributed by atoms with Gasteiger partial charge in [-0.15, -0.1) is 0 Å². The molecule has 6 heteroatoms. The van der Waals surface area contributed by atoms with Crippen molar-refractivity contribution in [1.82, 2.24) is 0 Å². The van der Waals surface area contributed by atoms with Gasteiger partial charge in [0.25, 0.3) is 0 Å². The number of halogens is 4. The van der Waals surface area contributed by atoms with E-state index in [0.717, 1.165) is 12.1 Å². The SMILES string of the molecule is ON=C(Cl)c1cc(F)c(F)cc1Br. The highest BCUT2D eigenvalue weighted by molar-refractivity contribution is 9.10. The van der Waals surface area contributed by atoms with Crippen LogP contribution in [0, 0.1) is 11.6 Å². The minimum atomic E-state index is -1.06. The summed E-state index contributed by atoms with van der Waals surface area (Å²) in [5.41, 5.74) is 0.0862. The minimum absolute atomic E-state index is 0.0862. The maximum atomic E-state index is 12.7. The topological polar surface area (TPSA) is 32.6 Å². The predicted molar refractivity (Wildman–Crippen MR) is 48.2 cm³/mol. The molecule has 0 radical (unpaired) electrons. The molecule has 2 nitrogen and oxygen atoms in total. The lowest BCUT2D eigenvalue weighted by atomic mass is 10.2. The van der Waals surface area contributed by atoms with E-state index in [2.05, 4.69) is 21.1 Å². The molecule has 1 aromatic carbocycles. The van der Waals surface area contributed by atoms with E-state index in [1.807, 2.05) is 0 Å². The van der Waals surface area contributed by atoms with Gasteiger partial charge in [-0.1, -0.05) is 16.8 Å². The van der Waals surface area contributed by atoms with Crippen molar-refractivity contribution >= 4 is 32.7 Å². The van der Waals surface area contributed by atoms with Crippen molar-refractivity contribution in [1.29, 1.82) is 0 Å². The fourth-order valence-electron chi connectivity index (χ4n) is 0.735. The lowest BCUT2D eigenvalue weighted by Gasteiger charge is -2.01. The van der Waals surface area contributed by atoms with Crippen LogP contribution in [0.4, 0.5) is 8.78 Å². The number of hydrogen-bond acceptors (Lipinski definition) is 2. The van der Waals surface area contributed by atoms with Gasteiger partial charge in [-0.25, -0.2) is 8.78 Å². The molecule has 0 unspecified atom stereocenters. The highest BCUT2D eigenvalue weighted by Gasteiger charge is 2.11. The molecular formula is C7H3BrClF2NO. The van der Waals surface area contributed by atoms with Crippen LogP contribution in [0.1, 0.15) is 5.56 Å². The summed E-state index contributed by atoms with van der Waals surface area (Å²) in [5.74, 6) is -2.06. The van der Waals surface area contributed by atoms with Crippen molar-refractivity contribution in [2.45, 2.75) is 0 Å². The van der Waals surface area contributed by atoms with Crippen LogP contribution in [0.25, 0.3) is 0 Å². The summed E-state index contributed by atoms with van der Waals surface area (Å²) in [7, 11) is 0. The second-order valence-electron chi connectivity index (χ2n) is 2.14. The third-order valence-electron chi connectivity index (χ3n) is 1.32. The average Bonchev–Trinajstić information content (AvgIpc) is 2.10. The third-order valence-corrected chi connectivity index (χ3v) is 2.26. The number of hydrogen-bond donors (Lipinski definition) is 1. The Hall–Kier alpha value is -0.680. The first-order valence-electron chi connectivity index (χ1n) is 3.08. The molecule has 1 aromatic rings. The molecule has 0 heterocycles. The first-order chi connectivity index (χ1) is 6.06. The zero-order valence-corrected chi connectivity index (χ0v) is 8.40. The summed E-state index contributed by atoms with van der Waals surface area (Å²) in [5, 5.41) is 10.6. The molecule has 0 aliphatic heterocycles. The fourth-order valence-corrected chi connectivity index (χ4v) is 1.51. The predicted octanol–water partition coefficient (Wildman–Crippen LogP) is 3.10. The first kappa shape index (κ1) is 10.4. The Labute approximate surface area is 85.9 Å². The molecule has 0 bridgehead atoms. The molecule has 0 saturated heterocycles. The average molecular weight is 270 g/mol. The van der Waals surface area contributed by atoms with Crippen LogP contribution in [-0.2, 0) is 0 Å². The number of oxime groups is 1. The highest BCUT2D eigenvalue weighted by atomic mass is 79.9. The molecule has 0 atom stereocenters. The van der Waals surface area contributed by atoms with E-state index in [1.54, 1.807) is 0 Å². The van der Waals surface area contributed by atoms with Crippen molar-refractivity contribution in [2.75, 3.05) is 0 Å². The van der Waals surface area contributed by atoms with Crippen molar-refractivity contribution in [2.24, 2.45) is 5.16 Å². The summed E-state index contributed by atoms with van der Waals surface area (Å²) in [6, 6.07) is 1.74. The van der Waals surface area contributed by atoms with Crippen molar-refractivity contribution in [3.05, 3.63) is 33.8 Å². The molecule has 0 amide bonds. The van der Waals surface area contributed by atoms with E-state index in [0.29, 0.717) is 0 Å². The molecule has 1 N–H and O–H groups in total. The van der Waals surface area contributed by atoms with Gasteiger partial charge in [0.15, 0.2) is 16.8 Å². The van der Waals surface area contributed by atoms with Crippen molar-refractivity contribution < 1.29 is 14.0 Å². The summed E-state index contributed by atoms with van der Waals surface area (Å²) < 4.78 is 25.5. The second kappa shape index (κ2) is 4.02. The van der Waals surface area contributed by atoms with E-state index < -0.39 is 11.6 Å². The Kier molecular flexibility index (Phi) is 3.22. The van der Waals surface area contributed by atoms with Gasteiger partial charge in [0.2, 0.25) is 0 Å². The Morgan fingerprint density at radius 1 is 1.38 bits per heavy atom. The highest BCUT2D eigenvalue weighted by Crippen LogP contribution is 2.22. The van der Waals surface area contributed by atoms with E-state index in [1.165, 1.54) is 0 Å². The van der Waals surface area contributed by atoms with Crippen LogP contribution in [0.3, 0.4) is 0 Å². The third kappa shape index (κ3) is 2.16. The molecule has 0 aliphatic carbocycles. The van der Waals surface area contributed by atoms with Gasteiger partial charge in [0.05, 0.1) is 0 Å². The zero-order valence-electron chi connectivity index (χ0n) is 6.06. The lowest BCUT2D eigenvalue weighted by molar-refractivity contribution is 0.320. The van der Waals surface area contributed by atoms with E-state index in [-0.39, 0.29) is 15.2 Å². The molecule has 0 aliphatic rings. The van der Waals surface area contributed by atoms with Gasteiger partial charge in [-0.3, -0.25) is 0 Å². The Morgan fingerprint density at radius 3 is 2.46 bits per heavy atom. The summed E-state index contributed by atoms with van der Waals surface area (Å²) in [6.07, 6.45) is 0. The van der Waals surface area contributed by atoms with Crippen LogP contribution >= 0.6 is 27.5 Å². The molecule has 0 fully saturated rings. The van der Waals surface area contributed by atoms with Crippen LogP contribution in [0.2, 0.25) is 0 Å². The van der Waals surface area contributed by atoms with E-state index >= 15 is 0 Å². The quantitative estimate of drug-likeness (QED) is 0.362. The van der Waals surface area contributed by atoms with Gasteiger partial charge in [0.1, 0.15) is 0 Å². The molecule has 1 rings (SSSR count). The standard InChI is InChI=1S/C7H3BrClF2NO/c8-4-2-6(11)5(10)1-3(4)7(9)12-13/h1-2,13H. The van der Waals surface area contributed by atoms with Crippen LogP contribution < -0.4 is 0 Å². The van der Waals surface area contributed by atoms with Gasteiger partial charge < -0.3 is 5.21 Å². The Balaban J connectivity index is 3.32. The summed E-state index contributed by atoms with van der Waals surface area (Å²) in [6.45, 7) is 0. The van der Waals surface area contributed by atoms with Crippen LogP contribution in [0.15, 0.2) is 21.8 Å². The molecule has 0 aromatic heterocycles. The molecular weight excluding hydrogens is 267 g/mol. The summed E-state index contributed by atoms with van der Waals surface area (Å²) >= 11 is 8.34. The minimum Gasteiger partial charge on any atom is -0.410 e. The van der Waals surface area contributed by atoms with E-state index in [9.17, 15) is 8.78 Å². The number of benzene rings is 1. The molecule has 0 saturated carbocycles. The Morgan fingerprint density at radius 2 is 1.92 bits per heavy atom. The molecule has 70 valence electrons. The van der Waals surface area contributed by atoms with Crippen molar-refractivity contribution in [3.8, 4) is 0 Å². The first-order valence-corrected chi connectivity index (χ1v) is 4.26. The Bertz CT molecular complexity index is 370. The second-order valence-corrected chi connectivity index (χ2v) is 3.35. The van der Waals surface area contributed by atoms with Gasteiger partial charge in [-0.05, 0) is 28.1 Å². The van der Waals surface area contributed by atoms with Crippen molar-refractivity contribution in [3.63, 3.8) is 0 Å². The fraction of sp³-hybridized carbons (Fsp3) is 0. The van der Waals surface area contributed by atoms with Crippen LogP contribution in [0.5, 0.6) is 0 Å². The van der Waals surface area contributed by atoms with Gasteiger partial charge in [0, 0.05) is 10.0 Å². The van der Waals surface area contributed by atoms with Gasteiger partial charge in [-0.2, -0.15) is 0 Å². The van der Waals surface area contributed by atoms with Crippen LogP contribution in [-0.4, -0.2) is 10.4 Å². The number of rotatable bonds is 1. The molecule has 13 heavy (non-hydrogen) atoms. The molecule has 0 spiro atoms. The maximum absolute atomic E-state index is 12.7. The zero-order chi connectivity index (χ0) is 10.0. The lowest BCUT2D eigenvalue weighted by Crippen LogP contribution is -1.96. The smallest absolute Gasteiger partial charge is 0.176 e. The normalized spacial score (nSPS) is 11.8. The van der Waals surface area contributed by atoms with Gasteiger partial charge >= 0.3 is 0 Å². The maximum Gasteiger partial charge on any atom is 0.176 e. The van der Waals surface area contributed by atoms with E-state index in [4.69, 9.17) is 16.8 Å². The monoisotopic (exact) mass is 269 g/mol. The number of nitrogens with zero attached hydrogens (tertiary/aromatic N) is 1. The largest absolute Gasteiger partial charge is 0.410 e. The summed E-state index contributed by atoms with van der Waals surface area (Å²) in [4.78, 5) is 0.